The Balaban J connectivity index is 0.000000211. The number of carbonyl (C=O) groups excluding carboxylic acids is 1. The van der Waals surface area contributed by atoms with E-state index in [2.05, 4.69) is 83.3 Å². The lowest BCUT2D eigenvalue weighted by Crippen LogP contribution is -2.38. The van der Waals surface area contributed by atoms with Gasteiger partial charge in [-0.25, -0.2) is 4.68 Å². The van der Waals surface area contributed by atoms with Gasteiger partial charge in [-0.1, -0.05) is 37.1 Å². The summed E-state index contributed by atoms with van der Waals surface area (Å²) < 4.78 is 18.8. The third-order valence-electron chi connectivity index (χ3n) is 10.0. The van der Waals surface area contributed by atoms with Gasteiger partial charge in [0, 0.05) is 54.4 Å². The molecule has 3 fully saturated rings. The highest BCUT2D eigenvalue weighted by Gasteiger charge is 2.29. The standard InChI is InChI=1S/C21H35N5O2.C19H28N6O2/c1-24-20(23-21(27-3)25(24)2)22-12-5-8-15-28-19-11-9-10-18(16-19)17-26-13-6-4-7-14-26;1-24-19(22-18(23-24)21-15-26)20-9-6-12-27-17-8-5-7-16(13-17)14-25-10-3-2-4-11-25/h9-11,16,21H,4-8,12-15,17H2,1-3H3,(H,22,23);5,7-8,13,15H,2-4,6,9-12,14H2,1H3,(H2,20,21,22,23,26). The summed E-state index contributed by atoms with van der Waals surface area (Å²) in [6.07, 6.45) is 11.2. The summed E-state index contributed by atoms with van der Waals surface area (Å²) in [6, 6.07) is 16.9. The maximum atomic E-state index is 10.4. The van der Waals surface area contributed by atoms with Crippen LogP contribution in [0.4, 0.5) is 11.9 Å². The number of carbonyl (C=O) groups is 1. The predicted octanol–water partition coefficient (Wildman–Crippen LogP) is 4.75. The number of methoxy groups -OCH3 is 1. The minimum atomic E-state index is -0.149. The maximum Gasteiger partial charge on any atom is 0.250 e. The number of aryl methyl sites for hydroxylation is 1. The number of nitrogens with zero attached hydrogens (tertiary/aromatic N) is 8. The molecular formula is C40H63N11O4. The van der Waals surface area contributed by atoms with Gasteiger partial charge in [0.2, 0.25) is 30.6 Å². The molecule has 55 heavy (non-hydrogen) atoms. The largest absolute Gasteiger partial charge is 0.494 e. The Hall–Kier alpha value is -4.44. The van der Waals surface area contributed by atoms with E-state index in [0.29, 0.717) is 25.5 Å². The molecule has 1 atom stereocenters. The molecule has 4 heterocycles. The summed E-state index contributed by atoms with van der Waals surface area (Å²) in [5.74, 6) is 3.64. The van der Waals surface area contributed by atoms with Crippen molar-refractivity contribution in [2.45, 2.75) is 77.2 Å². The summed E-state index contributed by atoms with van der Waals surface area (Å²) in [4.78, 5) is 24.3. The number of hydrogen-bond acceptors (Lipinski definition) is 11. The van der Waals surface area contributed by atoms with Gasteiger partial charge in [-0.15, -0.1) is 5.10 Å². The van der Waals surface area contributed by atoms with Crippen molar-refractivity contribution in [2.75, 3.05) is 84.3 Å². The Morgan fingerprint density at radius 1 is 0.836 bits per heavy atom. The van der Waals surface area contributed by atoms with Crippen LogP contribution in [0.2, 0.25) is 0 Å². The van der Waals surface area contributed by atoms with Gasteiger partial charge in [0.25, 0.3) is 0 Å². The van der Waals surface area contributed by atoms with E-state index in [0.717, 1.165) is 63.0 Å². The van der Waals surface area contributed by atoms with Gasteiger partial charge < -0.3 is 24.8 Å². The van der Waals surface area contributed by atoms with Crippen molar-refractivity contribution in [3.05, 3.63) is 59.7 Å². The van der Waals surface area contributed by atoms with Crippen molar-refractivity contribution < 1.29 is 19.0 Å². The van der Waals surface area contributed by atoms with E-state index in [1.807, 2.05) is 30.2 Å². The fourth-order valence-electron chi connectivity index (χ4n) is 6.89. The molecule has 15 nitrogen and oxygen atoms in total. The van der Waals surface area contributed by atoms with E-state index in [1.165, 1.54) is 75.8 Å². The van der Waals surface area contributed by atoms with Gasteiger partial charge in [-0.2, -0.15) is 9.99 Å². The number of aliphatic imine (C=N–C) groups is 1. The lowest BCUT2D eigenvalue weighted by Gasteiger charge is -2.26. The van der Waals surface area contributed by atoms with E-state index < -0.39 is 0 Å². The fourth-order valence-corrected chi connectivity index (χ4v) is 6.89. The molecule has 1 aromatic heterocycles. The Morgan fingerprint density at radius 2 is 1.44 bits per heavy atom. The monoisotopic (exact) mass is 762 g/mol. The summed E-state index contributed by atoms with van der Waals surface area (Å²) in [6.45, 7) is 9.70. The van der Waals surface area contributed by atoms with Crippen LogP contribution in [-0.4, -0.2) is 127 Å². The smallest absolute Gasteiger partial charge is 0.250 e. The first-order valence-electron chi connectivity index (χ1n) is 20.0. The molecule has 0 aliphatic carbocycles. The number of unbranched alkanes of at least 4 members (excludes halogenated alkanes) is 1. The quantitative estimate of drug-likeness (QED) is 0.115. The maximum absolute atomic E-state index is 10.4. The van der Waals surface area contributed by atoms with Crippen LogP contribution in [0, 0.1) is 0 Å². The molecule has 0 radical (unpaired) electrons. The first kappa shape index (κ1) is 41.7. The Bertz CT molecular complexity index is 1590. The van der Waals surface area contributed by atoms with Crippen LogP contribution in [-0.2, 0) is 29.7 Å². The SMILES string of the molecule is COC1NC(=NCCCCOc2cccc(CN3CCCCC3)c2)N(C)N1C.Cn1nc(NC=O)nc1NCCCOc1cccc(CN2CCCCC2)c1. The van der Waals surface area contributed by atoms with Gasteiger partial charge in [0.15, 0.2) is 0 Å². The minimum absolute atomic E-state index is 0.149. The van der Waals surface area contributed by atoms with E-state index in [1.54, 1.807) is 18.8 Å². The van der Waals surface area contributed by atoms with E-state index >= 15 is 0 Å². The highest BCUT2D eigenvalue weighted by molar-refractivity contribution is 5.81. The van der Waals surface area contributed by atoms with Crippen LogP contribution in [0.25, 0.3) is 0 Å². The molecule has 302 valence electrons. The van der Waals surface area contributed by atoms with Crippen molar-refractivity contribution in [3.8, 4) is 11.5 Å². The van der Waals surface area contributed by atoms with Crippen LogP contribution in [0.1, 0.15) is 68.9 Å². The van der Waals surface area contributed by atoms with E-state index in [9.17, 15) is 4.79 Å². The molecule has 1 amide bonds. The number of amides is 1. The van der Waals surface area contributed by atoms with Crippen LogP contribution in [0.3, 0.4) is 0 Å². The number of rotatable bonds is 19. The van der Waals surface area contributed by atoms with Crippen molar-refractivity contribution in [1.29, 1.82) is 0 Å². The average molecular weight is 762 g/mol. The molecule has 3 aliphatic rings. The molecule has 0 spiro atoms. The summed E-state index contributed by atoms with van der Waals surface area (Å²) in [5.41, 5.74) is 2.65. The molecule has 3 saturated heterocycles. The minimum Gasteiger partial charge on any atom is -0.494 e. The lowest BCUT2D eigenvalue weighted by molar-refractivity contribution is -0.105. The Kier molecular flexibility index (Phi) is 17.3. The predicted molar refractivity (Wildman–Crippen MR) is 217 cm³/mol. The van der Waals surface area contributed by atoms with Gasteiger partial charge >= 0.3 is 0 Å². The van der Waals surface area contributed by atoms with Crippen molar-refractivity contribution >= 4 is 24.3 Å². The van der Waals surface area contributed by atoms with Gasteiger partial charge in [-0.3, -0.25) is 29.9 Å². The van der Waals surface area contributed by atoms with Crippen LogP contribution < -0.4 is 25.4 Å². The molecule has 2 aromatic carbocycles. The van der Waals surface area contributed by atoms with Gasteiger partial charge in [-0.05, 0) is 107 Å². The third kappa shape index (κ3) is 14.0. The van der Waals surface area contributed by atoms with E-state index in [-0.39, 0.29) is 12.3 Å². The summed E-state index contributed by atoms with van der Waals surface area (Å²) in [5, 5.41) is 16.9. The molecule has 3 aliphatic heterocycles. The Labute approximate surface area is 327 Å². The number of anilines is 2. The topological polar surface area (TPSA) is 137 Å². The highest BCUT2D eigenvalue weighted by Crippen LogP contribution is 2.19. The average Bonchev–Trinajstić information content (AvgIpc) is 3.69. The zero-order valence-corrected chi connectivity index (χ0v) is 33.4. The first-order valence-corrected chi connectivity index (χ1v) is 20.0. The van der Waals surface area contributed by atoms with Crippen molar-refractivity contribution in [1.82, 2.24) is 39.9 Å². The number of hydrazine groups is 1. The normalized spacial score (nSPS) is 18.7. The zero-order valence-electron chi connectivity index (χ0n) is 33.4. The second-order valence-electron chi connectivity index (χ2n) is 14.3. The summed E-state index contributed by atoms with van der Waals surface area (Å²) >= 11 is 0. The highest BCUT2D eigenvalue weighted by atomic mass is 16.5. The second-order valence-corrected chi connectivity index (χ2v) is 14.3. The number of hydrogen-bond donors (Lipinski definition) is 3. The number of aromatic nitrogens is 3. The number of nitrogens with one attached hydrogen (secondary N) is 3. The third-order valence-corrected chi connectivity index (χ3v) is 10.0. The number of likely N-dealkylation sites (tertiary alicyclic amines) is 2. The molecule has 1 unspecified atom stereocenters. The number of guanidine groups is 1. The molecular weight excluding hydrogens is 699 g/mol. The lowest BCUT2D eigenvalue weighted by atomic mass is 10.1. The second kappa shape index (κ2) is 22.8. The van der Waals surface area contributed by atoms with Crippen LogP contribution in [0.15, 0.2) is 53.5 Å². The summed E-state index contributed by atoms with van der Waals surface area (Å²) in [7, 11) is 7.40. The number of benzene rings is 2. The van der Waals surface area contributed by atoms with Crippen molar-refractivity contribution in [3.63, 3.8) is 0 Å². The Morgan fingerprint density at radius 3 is 2.00 bits per heavy atom. The molecule has 6 rings (SSSR count). The van der Waals surface area contributed by atoms with Gasteiger partial charge in [0.1, 0.15) is 11.5 Å². The molecule has 15 heteroatoms. The zero-order chi connectivity index (χ0) is 38.7. The number of ether oxygens (including phenoxy) is 3. The van der Waals surface area contributed by atoms with Crippen LogP contribution in [0.5, 0.6) is 11.5 Å². The van der Waals surface area contributed by atoms with Gasteiger partial charge in [0.05, 0.1) is 13.2 Å². The number of piperidine rings is 2. The molecule has 3 aromatic rings. The van der Waals surface area contributed by atoms with Crippen molar-refractivity contribution in [2.24, 2.45) is 12.0 Å². The van der Waals surface area contributed by atoms with E-state index in [4.69, 9.17) is 14.2 Å². The molecule has 0 saturated carbocycles. The molecule has 0 bridgehead atoms. The van der Waals surface area contributed by atoms with Crippen LogP contribution >= 0.6 is 0 Å². The molecule has 3 N–H and O–H groups in total. The fraction of sp³-hybridized carbons (Fsp3) is 0.600. The first-order chi connectivity index (χ1) is 26.9.